The van der Waals surface area contributed by atoms with Crippen molar-refractivity contribution in [3.05, 3.63) is 81.2 Å². The molecule has 1 N–H and O–H groups in total. The van der Waals surface area contributed by atoms with Crippen LogP contribution in [0.15, 0.2) is 53.4 Å². The summed E-state index contributed by atoms with van der Waals surface area (Å²) in [6.45, 7) is 5.97. The maximum Gasteiger partial charge on any atom is 0.270 e. The molecule has 8 nitrogen and oxygen atoms in total. The highest BCUT2D eigenvalue weighted by Gasteiger charge is 2.20. The topological polar surface area (TPSA) is 107 Å². The van der Waals surface area contributed by atoms with Gasteiger partial charge < -0.3 is 0 Å². The van der Waals surface area contributed by atoms with Gasteiger partial charge in [-0.2, -0.15) is 5.10 Å². The molecule has 1 aromatic heterocycles. The summed E-state index contributed by atoms with van der Waals surface area (Å²) in [5.41, 5.74) is 3.33. The molecule has 0 aliphatic carbocycles. The molecule has 0 aliphatic rings. The number of nitro groups is 1. The van der Waals surface area contributed by atoms with Gasteiger partial charge in [0.1, 0.15) is 0 Å². The third-order valence-electron chi connectivity index (χ3n) is 4.29. The van der Waals surface area contributed by atoms with E-state index in [1.807, 2.05) is 30.7 Å². The number of benzene rings is 2. The summed E-state index contributed by atoms with van der Waals surface area (Å²) in [5, 5.41) is 15.4. The van der Waals surface area contributed by atoms with E-state index < -0.39 is 14.9 Å². The first-order valence-electron chi connectivity index (χ1n) is 8.53. The van der Waals surface area contributed by atoms with Crippen molar-refractivity contribution in [3.63, 3.8) is 0 Å². The zero-order valence-corrected chi connectivity index (χ0v) is 16.5. The molecular formula is C19H20N4O4S. The number of sulfonamides is 1. The Balaban J connectivity index is 1.88. The number of nitrogens with one attached hydrogen (secondary N) is 1. The van der Waals surface area contributed by atoms with Gasteiger partial charge in [0.2, 0.25) is 0 Å². The van der Waals surface area contributed by atoms with E-state index in [0.717, 1.165) is 23.0 Å². The summed E-state index contributed by atoms with van der Waals surface area (Å²) in [7, 11) is -3.97. The molecule has 2 aromatic carbocycles. The van der Waals surface area contributed by atoms with E-state index in [4.69, 9.17) is 0 Å². The van der Waals surface area contributed by atoms with Crippen LogP contribution < -0.4 is 4.72 Å². The molecule has 0 aliphatic heterocycles. The van der Waals surface area contributed by atoms with E-state index in [1.165, 1.54) is 12.1 Å². The van der Waals surface area contributed by atoms with Crippen molar-refractivity contribution >= 4 is 21.4 Å². The van der Waals surface area contributed by atoms with Crippen LogP contribution in [-0.4, -0.2) is 23.1 Å². The van der Waals surface area contributed by atoms with Gasteiger partial charge in [0, 0.05) is 23.5 Å². The lowest BCUT2D eigenvalue weighted by Gasteiger charge is -2.12. The Morgan fingerprint density at radius 1 is 1.11 bits per heavy atom. The van der Waals surface area contributed by atoms with Gasteiger partial charge >= 0.3 is 0 Å². The number of aryl methyl sites for hydroxylation is 3. The van der Waals surface area contributed by atoms with E-state index >= 15 is 0 Å². The third-order valence-corrected chi connectivity index (χ3v) is 5.81. The van der Waals surface area contributed by atoms with Gasteiger partial charge in [0.25, 0.3) is 15.7 Å². The minimum atomic E-state index is -3.97. The summed E-state index contributed by atoms with van der Waals surface area (Å²) in [4.78, 5) is 10.2. The van der Waals surface area contributed by atoms with Crippen molar-refractivity contribution in [1.29, 1.82) is 0 Å². The van der Waals surface area contributed by atoms with Crippen LogP contribution in [0.5, 0.6) is 0 Å². The van der Waals surface area contributed by atoms with Crippen LogP contribution in [0.2, 0.25) is 0 Å². The maximum atomic E-state index is 12.8. The molecule has 0 fully saturated rings. The molecular weight excluding hydrogens is 380 g/mol. The molecule has 1 heterocycles. The average Bonchev–Trinajstić information content (AvgIpc) is 2.92. The summed E-state index contributed by atoms with van der Waals surface area (Å²) in [6.07, 6.45) is 0. The first-order valence-corrected chi connectivity index (χ1v) is 10.0. The van der Waals surface area contributed by atoms with Crippen molar-refractivity contribution < 1.29 is 13.3 Å². The van der Waals surface area contributed by atoms with E-state index in [9.17, 15) is 18.5 Å². The van der Waals surface area contributed by atoms with Crippen LogP contribution in [0.3, 0.4) is 0 Å². The fourth-order valence-electron chi connectivity index (χ4n) is 2.94. The van der Waals surface area contributed by atoms with Gasteiger partial charge in [-0.3, -0.25) is 19.5 Å². The van der Waals surface area contributed by atoms with Crippen LogP contribution >= 0.6 is 0 Å². The van der Waals surface area contributed by atoms with Gasteiger partial charge in [-0.05, 0) is 50.1 Å². The van der Waals surface area contributed by atoms with Crippen LogP contribution in [0.4, 0.5) is 11.4 Å². The van der Waals surface area contributed by atoms with Crippen LogP contribution in [0, 0.1) is 30.9 Å². The third kappa shape index (κ3) is 4.20. The van der Waals surface area contributed by atoms with Crippen molar-refractivity contribution in [2.45, 2.75) is 32.2 Å². The second-order valence-electron chi connectivity index (χ2n) is 6.60. The summed E-state index contributed by atoms with van der Waals surface area (Å²) >= 11 is 0. The Bertz CT molecular complexity index is 1150. The van der Waals surface area contributed by atoms with Crippen molar-refractivity contribution in [2.75, 3.05) is 4.72 Å². The maximum absolute atomic E-state index is 12.8. The number of anilines is 1. The molecule has 3 rings (SSSR count). The first kappa shape index (κ1) is 19.6. The Morgan fingerprint density at radius 2 is 1.86 bits per heavy atom. The smallest absolute Gasteiger partial charge is 0.270 e. The van der Waals surface area contributed by atoms with Gasteiger partial charge in [-0.1, -0.05) is 18.2 Å². The second kappa shape index (κ2) is 7.43. The molecule has 0 atom stereocenters. The summed E-state index contributed by atoms with van der Waals surface area (Å²) < 4.78 is 29.9. The lowest BCUT2D eigenvalue weighted by molar-refractivity contribution is -0.385. The SMILES string of the molecule is Cc1cc(C)n(Cc2cccc(NS(=O)(=O)c3cc([N+](=O)[O-])ccc3C)c2)n1. The minimum absolute atomic E-state index is 0.120. The molecule has 146 valence electrons. The van der Waals surface area contributed by atoms with Crippen molar-refractivity contribution in [3.8, 4) is 0 Å². The van der Waals surface area contributed by atoms with E-state index in [2.05, 4.69) is 9.82 Å². The van der Waals surface area contributed by atoms with Gasteiger partial charge in [-0.25, -0.2) is 8.42 Å². The largest absolute Gasteiger partial charge is 0.280 e. The molecule has 0 radical (unpaired) electrons. The van der Waals surface area contributed by atoms with E-state index in [1.54, 1.807) is 25.1 Å². The van der Waals surface area contributed by atoms with Crippen LogP contribution in [0.25, 0.3) is 0 Å². The zero-order valence-electron chi connectivity index (χ0n) is 15.7. The Morgan fingerprint density at radius 3 is 2.50 bits per heavy atom. The van der Waals surface area contributed by atoms with Crippen LogP contribution in [-0.2, 0) is 16.6 Å². The second-order valence-corrected chi connectivity index (χ2v) is 8.25. The molecule has 9 heteroatoms. The Labute approximate surface area is 163 Å². The fourth-order valence-corrected chi connectivity index (χ4v) is 4.26. The van der Waals surface area contributed by atoms with Crippen molar-refractivity contribution in [2.24, 2.45) is 0 Å². The highest BCUT2D eigenvalue weighted by molar-refractivity contribution is 7.92. The normalized spacial score (nSPS) is 11.4. The summed E-state index contributed by atoms with van der Waals surface area (Å²) in [5.74, 6) is 0. The predicted octanol–water partition coefficient (Wildman–Crippen LogP) is 3.57. The number of non-ortho nitro benzene ring substituents is 1. The molecule has 0 saturated heterocycles. The molecule has 0 saturated carbocycles. The molecule has 0 amide bonds. The number of aromatic nitrogens is 2. The monoisotopic (exact) mass is 400 g/mol. The predicted molar refractivity (Wildman–Crippen MR) is 106 cm³/mol. The Hall–Kier alpha value is -3.20. The van der Waals surface area contributed by atoms with Gasteiger partial charge in [-0.15, -0.1) is 0 Å². The molecule has 3 aromatic rings. The van der Waals surface area contributed by atoms with Gasteiger partial charge in [0.15, 0.2) is 0 Å². The summed E-state index contributed by atoms with van der Waals surface area (Å²) in [6, 6.07) is 12.7. The molecule has 0 spiro atoms. The fraction of sp³-hybridized carbons (Fsp3) is 0.211. The van der Waals surface area contributed by atoms with E-state index in [0.29, 0.717) is 17.8 Å². The standard InChI is InChI=1S/C19H20N4O4S/c1-13-7-8-18(23(24)25)11-19(13)28(26,27)21-17-6-4-5-16(10-17)12-22-15(3)9-14(2)20-22/h4-11,21H,12H2,1-3H3. The molecule has 0 bridgehead atoms. The minimum Gasteiger partial charge on any atom is -0.280 e. The number of hydrogen-bond acceptors (Lipinski definition) is 5. The van der Waals surface area contributed by atoms with E-state index in [-0.39, 0.29) is 10.6 Å². The molecule has 0 unspecified atom stereocenters. The Kier molecular flexibility index (Phi) is 5.19. The quantitative estimate of drug-likeness (QED) is 0.503. The average molecular weight is 400 g/mol. The van der Waals surface area contributed by atoms with Crippen molar-refractivity contribution in [1.82, 2.24) is 9.78 Å². The number of rotatable bonds is 6. The van der Waals surface area contributed by atoms with Crippen LogP contribution in [0.1, 0.15) is 22.5 Å². The highest BCUT2D eigenvalue weighted by Crippen LogP contribution is 2.24. The number of nitro benzene ring substituents is 1. The number of nitrogens with zero attached hydrogens (tertiary/aromatic N) is 3. The number of hydrogen-bond donors (Lipinski definition) is 1. The lowest BCUT2D eigenvalue weighted by Crippen LogP contribution is -2.15. The first-order chi connectivity index (χ1) is 13.2. The lowest BCUT2D eigenvalue weighted by atomic mass is 10.2. The highest BCUT2D eigenvalue weighted by atomic mass is 32.2. The zero-order chi connectivity index (χ0) is 20.5. The van der Waals surface area contributed by atoms with Gasteiger partial charge in [0.05, 0.1) is 22.1 Å². The molecule has 28 heavy (non-hydrogen) atoms.